The van der Waals surface area contributed by atoms with Crippen molar-refractivity contribution in [1.29, 1.82) is 0 Å². The van der Waals surface area contributed by atoms with Crippen LogP contribution in [0, 0.1) is 0 Å². The Balaban J connectivity index is 0. The molecule has 0 unspecified atom stereocenters. The fourth-order valence-corrected chi connectivity index (χ4v) is 0.435. The van der Waals surface area contributed by atoms with Crippen LogP contribution in [0.4, 0.5) is 0 Å². The summed E-state index contributed by atoms with van der Waals surface area (Å²) in [4.78, 5) is 48.1. The van der Waals surface area contributed by atoms with Crippen LogP contribution in [0.1, 0.15) is 0 Å². The van der Waals surface area contributed by atoms with E-state index in [4.69, 9.17) is 4.79 Å². The van der Waals surface area contributed by atoms with Crippen molar-refractivity contribution >= 4 is 26.3 Å². The van der Waals surface area contributed by atoms with E-state index in [1.165, 1.54) is 0 Å². The number of carbonyl (C=O) groups excluding carboxylic acids is 5. The van der Waals surface area contributed by atoms with E-state index in [0.717, 1.165) is 0 Å². The number of carbonyl (C=O) groups is 5. The number of rotatable bonds is 4. The zero-order valence-electron chi connectivity index (χ0n) is 5.56. The van der Waals surface area contributed by atoms with Crippen LogP contribution in [0.5, 0.6) is 0 Å². The zero-order valence-corrected chi connectivity index (χ0v) is 7.54. The van der Waals surface area contributed by atoms with Gasteiger partial charge in [-0.05, 0) is 0 Å². The number of hydrogen-bond donors (Lipinski definition) is 0. The van der Waals surface area contributed by atoms with Gasteiger partial charge in [0.1, 0.15) is 0 Å². The van der Waals surface area contributed by atoms with E-state index in [-0.39, 0.29) is 21.0 Å². The third kappa shape index (κ3) is 5.05. The van der Waals surface area contributed by atoms with Gasteiger partial charge in [0, 0.05) is 0 Å². The van der Waals surface area contributed by atoms with Crippen LogP contribution < -0.4 is 0 Å². The molecule has 0 saturated heterocycles. The van der Waals surface area contributed by atoms with Crippen molar-refractivity contribution in [1.82, 2.24) is 0 Å². The van der Waals surface area contributed by atoms with E-state index in [9.17, 15) is 19.2 Å². The maximum absolute atomic E-state index is 9.87. The molecule has 0 aliphatic heterocycles. The van der Waals surface area contributed by atoms with Gasteiger partial charge in [-0.15, -0.1) is 0 Å². The van der Waals surface area contributed by atoms with E-state index < -0.39 is 12.4 Å². The Morgan fingerprint density at radius 3 is 0.917 bits per heavy atom. The van der Waals surface area contributed by atoms with Gasteiger partial charge >= 0.3 is 78.1 Å². The SMILES string of the molecule is O=[CH][Ni].O=[CH][Ni]([CH]=O)([CH]=O)[CH]=O. The fourth-order valence-electron chi connectivity index (χ4n) is 0.105. The quantitative estimate of drug-likeness (QED) is 0.461. The van der Waals surface area contributed by atoms with Crippen LogP contribution >= 0.6 is 0 Å². The van der Waals surface area contributed by atoms with Crippen molar-refractivity contribution < 1.29 is 51.8 Å². The molecule has 7 heteroatoms. The maximum atomic E-state index is 9.87. The molecule has 0 aromatic heterocycles. The molecule has 0 atom stereocenters. The molecule has 0 spiro atoms. The van der Waals surface area contributed by atoms with Crippen LogP contribution in [0.15, 0.2) is 0 Å². The molecule has 0 bridgehead atoms. The first kappa shape index (κ1) is 13.9. The summed E-state index contributed by atoms with van der Waals surface area (Å²) >= 11 is 0.514. The second-order valence-electron chi connectivity index (χ2n) is 1.01. The van der Waals surface area contributed by atoms with Crippen molar-refractivity contribution in [3.8, 4) is 0 Å². The van der Waals surface area contributed by atoms with Crippen molar-refractivity contribution in [2.75, 3.05) is 0 Å². The summed E-state index contributed by atoms with van der Waals surface area (Å²) in [5, 5.41) is 0.750. The standard InChI is InChI=1S/5CHO.2Ni/c5*1-2;;/h5*1H;;. The normalized spacial score (nSPS) is 9.83. The molecule has 0 aromatic rings. The molecular weight excluding hydrogens is 257 g/mol. The topological polar surface area (TPSA) is 85.3 Å². The average Bonchev–Trinajstić information content (AvgIpc) is 2.11. The summed E-state index contributed by atoms with van der Waals surface area (Å²) in [6.45, 7) is 0. The van der Waals surface area contributed by atoms with E-state index in [1.54, 1.807) is 0 Å². The molecule has 0 aromatic carbocycles. The monoisotopic (exact) mass is 261 g/mol. The number of hydrogen-bond acceptors (Lipinski definition) is 5. The molecule has 0 saturated carbocycles. The first-order valence-electron chi connectivity index (χ1n) is 2.09. The molecule has 75 valence electrons. The Morgan fingerprint density at radius 1 is 0.750 bits per heavy atom. The van der Waals surface area contributed by atoms with E-state index in [1.807, 2.05) is 0 Å². The van der Waals surface area contributed by atoms with Gasteiger partial charge in [-0.2, -0.15) is 0 Å². The predicted octanol–water partition coefficient (Wildman–Crippen LogP) is -1.38. The fraction of sp³-hybridized carbons (Fsp3) is 0. The molecule has 0 fully saturated rings. The van der Waals surface area contributed by atoms with Crippen molar-refractivity contribution in [2.24, 2.45) is 0 Å². The van der Waals surface area contributed by atoms with E-state index in [2.05, 4.69) is 15.5 Å². The van der Waals surface area contributed by atoms with Crippen LogP contribution in [0.3, 0.4) is 0 Å². The second-order valence-corrected chi connectivity index (χ2v) is 4.14. The Morgan fingerprint density at radius 2 is 0.917 bits per heavy atom. The summed E-state index contributed by atoms with van der Waals surface area (Å²) in [7, 11) is 0. The van der Waals surface area contributed by atoms with Gasteiger partial charge in [0.05, 0.1) is 0 Å². The molecule has 0 aliphatic carbocycles. The molecule has 0 aliphatic rings. The van der Waals surface area contributed by atoms with Crippen LogP contribution in [0.25, 0.3) is 0 Å². The van der Waals surface area contributed by atoms with E-state index >= 15 is 0 Å². The van der Waals surface area contributed by atoms with Crippen LogP contribution in [-0.2, 0) is 51.8 Å². The molecular formula is C5H5Ni2O5. The molecule has 0 N–H and O–H groups in total. The minimum atomic E-state index is -2.97. The van der Waals surface area contributed by atoms with Crippen LogP contribution in [-0.4, -0.2) is 26.3 Å². The first-order valence-corrected chi connectivity index (χ1v) is 4.94. The van der Waals surface area contributed by atoms with Crippen molar-refractivity contribution in [3.05, 3.63) is 0 Å². The van der Waals surface area contributed by atoms with Crippen LogP contribution in [0.2, 0.25) is 0 Å². The summed E-state index contributed by atoms with van der Waals surface area (Å²) in [6.07, 6.45) is 0. The van der Waals surface area contributed by atoms with Gasteiger partial charge < -0.3 is 0 Å². The molecule has 0 rings (SSSR count). The van der Waals surface area contributed by atoms with Gasteiger partial charge in [-0.25, -0.2) is 0 Å². The molecule has 5 nitrogen and oxygen atoms in total. The Hall–Kier alpha value is -0.663. The van der Waals surface area contributed by atoms with Gasteiger partial charge in [0.25, 0.3) is 0 Å². The molecule has 12 heavy (non-hydrogen) atoms. The van der Waals surface area contributed by atoms with Gasteiger partial charge in [0.15, 0.2) is 0 Å². The summed E-state index contributed by atoms with van der Waals surface area (Å²) in [6, 6.07) is 0. The Kier molecular flexibility index (Phi) is 9.77. The minimum absolute atomic E-state index is 0.0938. The first-order chi connectivity index (χ1) is 5.66. The van der Waals surface area contributed by atoms with Gasteiger partial charge in [-0.1, -0.05) is 0 Å². The molecule has 0 amide bonds. The summed E-state index contributed by atoms with van der Waals surface area (Å²) in [5.41, 5.74) is 0. The van der Waals surface area contributed by atoms with Crippen molar-refractivity contribution in [2.45, 2.75) is 0 Å². The third-order valence-electron chi connectivity index (χ3n) is 0.516. The van der Waals surface area contributed by atoms with E-state index in [0.29, 0.717) is 5.26 Å². The van der Waals surface area contributed by atoms with Gasteiger partial charge in [-0.3, -0.25) is 0 Å². The zero-order chi connectivity index (χ0) is 10.0. The summed E-state index contributed by atoms with van der Waals surface area (Å²) < 4.78 is 0. The second kappa shape index (κ2) is 8.43. The molecule has 0 heterocycles. The Bertz CT molecular complexity index is 153. The van der Waals surface area contributed by atoms with Crippen molar-refractivity contribution in [3.63, 3.8) is 0 Å². The molecule has 0 radical (unpaired) electrons. The van der Waals surface area contributed by atoms with Gasteiger partial charge in [0.2, 0.25) is 0 Å². The Labute approximate surface area is 78.3 Å². The average molecular weight is 262 g/mol. The summed E-state index contributed by atoms with van der Waals surface area (Å²) in [5.74, 6) is 0. The third-order valence-corrected chi connectivity index (χ3v) is 2.13. The predicted molar refractivity (Wildman–Crippen MR) is 33.8 cm³/mol.